The molecule has 0 radical (unpaired) electrons. The maximum absolute atomic E-state index is 13.3. The molecule has 3 aromatic carbocycles. The van der Waals surface area contributed by atoms with Gasteiger partial charge in [0.25, 0.3) is 5.91 Å². The fourth-order valence-corrected chi connectivity index (χ4v) is 6.41. The number of nitrogens with zero attached hydrogens (tertiary/aromatic N) is 3. The van der Waals surface area contributed by atoms with Crippen LogP contribution in [0.3, 0.4) is 0 Å². The molecule has 4 aromatic rings. The molecule has 13 heteroatoms. The summed E-state index contributed by atoms with van der Waals surface area (Å²) < 4.78 is 18.3. The van der Waals surface area contributed by atoms with E-state index in [2.05, 4.69) is 27.4 Å². The Labute approximate surface area is 269 Å². The van der Waals surface area contributed by atoms with Gasteiger partial charge in [-0.05, 0) is 28.8 Å². The molecule has 1 unspecified atom stereocenters. The van der Waals surface area contributed by atoms with Crippen LogP contribution in [0.15, 0.2) is 90.3 Å². The number of ether oxygens (including phenoxy) is 3. The van der Waals surface area contributed by atoms with Crippen molar-refractivity contribution in [2.45, 2.75) is 56.3 Å². The molecule has 3 amide bonds. The Morgan fingerprint density at radius 3 is 2.59 bits per heavy atom. The topological polar surface area (TPSA) is 156 Å². The Hall–Kier alpha value is -4.56. The van der Waals surface area contributed by atoms with Crippen molar-refractivity contribution < 1.29 is 33.7 Å². The number of carbonyl (C=O) groups is 3. The zero-order valence-electron chi connectivity index (χ0n) is 24.9. The van der Waals surface area contributed by atoms with Crippen LogP contribution in [0.2, 0.25) is 0 Å². The summed E-state index contributed by atoms with van der Waals surface area (Å²) in [5.41, 5.74) is 3.49. The van der Waals surface area contributed by atoms with Crippen LogP contribution in [-0.4, -0.2) is 56.1 Å². The number of H-pyrrole nitrogens is 1. The molecule has 2 aliphatic rings. The molecular weight excluding hydrogens is 610 g/mol. The van der Waals surface area contributed by atoms with Crippen molar-refractivity contribution >= 4 is 35.4 Å². The van der Waals surface area contributed by atoms with Crippen LogP contribution in [0, 0.1) is 5.92 Å². The summed E-state index contributed by atoms with van der Waals surface area (Å²) >= 11 is 1.48. The molecule has 3 heterocycles. The van der Waals surface area contributed by atoms with Gasteiger partial charge in [0.05, 0.1) is 30.9 Å². The quantitative estimate of drug-likeness (QED) is 0.167. The molecule has 46 heavy (non-hydrogen) atoms. The highest BCUT2D eigenvalue weighted by Gasteiger charge is 2.42. The molecule has 2 aliphatic heterocycles. The second-order valence-electron chi connectivity index (χ2n) is 11.0. The Bertz CT molecular complexity index is 1650. The number of aliphatic hydroxyl groups is 1. The van der Waals surface area contributed by atoms with E-state index < -0.39 is 30.2 Å². The van der Waals surface area contributed by atoms with E-state index in [1.54, 1.807) is 18.2 Å². The van der Waals surface area contributed by atoms with Gasteiger partial charge >= 0.3 is 6.09 Å². The highest BCUT2D eigenvalue weighted by atomic mass is 32.2. The van der Waals surface area contributed by atoms with E-state index in [1.165, 1.54) is 18.1 Å². The van der Waals surface area contributed by atoms with Crippen LogP contribution in [0.25, 0.3) is 0 Å². The van der Waals surface area contributed by atoms with E-state index in [-0.39, 0.29) is 37.8 Å². The van der Waals surface area contributed by atoms with Gasteiger partial charge in [0, 0.05) is 17.2 Å². The van der Waals surface area contributed by atoms with E-state index in [1.807, 2.05) is 60.7 Å². The van der Waals surface area contributed by atoms with Gasteiger partial charge in [-0.2, -0.15) is 5.10 Å². The third kappa shape index (κ3) is 7.12. The highest BCUT2D eigenvalue weighted by Crippen LogP contribution is 2.43. The largest absolute Gasteiger partial charge is 0.445 e. The number of hydrogen-bond acceptors (Lipinski definition) is 10. The number of thioether (sulfide) groups is 1. The number of aromatic amines is 1. The lowest BCUT2D eigenvalue weighted by atomic mass is 9.91. The van der Waals surface area contributed by atoms with Gasteiger partial charge in [-0.1, -0.05) is 85.4 Å². The molecule has 12 nitrogen and oxygen atoms in total. The van der Waals surface area contributed by atoms with Crippen molar-refractivity contribution in [3.63, 3.8) is 0 Å². The monoisotopic (exact) mass is 643 g/mol. The minimum absolute atomic E-state index is 0.0395. The molecule has 2 saturated heterocycles. The Balaban J connectivity index is 1.18. The molecule has 6 rings (SSSR count). The summed E-state index contributed by atoms with van der Waals surface area (Å²) in [6.45, 7) is 2.04. The number of hydrogen-bond donors (Lipinski definition) is 3. The number of alkyl carbamates (subject to hydrolysis) is 1. The Morgan fingerprint density at radius 2 is 1.85 bits per heavy atom. The lowest BCUT2D eigenvalue weighted by Gasteiger charge is -2.41. The smallest absolute Gasteiger partial charge is 0.408 e. The van der Waals surface area contributed by atoms with E-state index in [9.17, 15) is 19.5 Å². The summed E-state index contributed by atoms with van der Waals surface area (Å²) in [5.74, 6) is -0.484. The van der Waals surface area contributed by atoms with Crippen molar-refractivity contribution in [2.75, 3.05) is 10.7 Å². The number of carbonyl (C=O) groups excluding carboxylic acids is 3. The highest BCUT2D eigenvalue weighted by molar-refractivity contribution is 7.99. The molecule has 0 spiro atoms. The third-order valence-corrected chi connectivity index (χ3v) is 8.92. The molecule has 2 fully saturated rings. The van der Waals surface area contributed by atoms with Gasteiger partial charge in [-0.3, -0.25) is 14.7 Å². The number of nitrogens with one attached hydrogen (secondary N) is 2. The number of benzene rings is 3. The lowest BCUT2D eigenvalue weighted by Crippen LogP contribution is -2.42. The molecule has 0 aliphatic carbocycles. The Kier molecular flexibility index (Phi) is 9.73. The lowest BCUT2D eigenvalue weighted by molar-refractivity contribution is -0.268. The van der Waals surface area contributed by atoms with Crippen LogP contribution >= 0.6 is 11.8 Å². The normalized spacial score (nSPS) is 23.0. The molecule has 3 N–H and O–H groups in total. The predicted molar refractivity (Wildman–Crippen MR) is 167 cm³/mol. The van der Waals surface area contributed by atoms with Crippen LogP contribution < -0.4 is 10.2 Å². The maximum Gasteiger partial charge on any atom is 0.408 e. The van der Waals surface area contributed by atoms with Gasteiger partial charge in [-0.25, -0.2) is 14.7 Å². The second kappa shape index (κ2) is 14.3. The van der Waals surface area contributed by atoms with Crippen molar-refractivity contribution in [1.29, 1.82) is 0 Å². The zero-order valence-corrected chi connectivity index (χ0v) is 25.8. The van der Waals surface area contributed by atoms with Crippen LogP contribution in [-0.2, 0) is 37.0 Å². The average molecular weight is 644 g/mol. The van der Waals surface area contributed by atoms with Gasteiger partial charge in [0.15, 0.2) is 11.4 Å². The molecule has 5 atom stereocenters. The standard InChI is InChI=1S/C33H33N5O7S/c1-20-27(18-46-32-34-19-35-37-32)44-31(45-29(20)23-12-10-21(16-39)11-13-23)24-8-5-9-25(14-24)38-28(40)15-26(30(38)41)36-33(42)43-17-22-6-3-2-4-7-22/h2-14,19-20,26-27,29,31,39H,15-18H2,1H3,(H,36,42)(H,34,35,37)/t20-,26?,27+,29+,31+/m0/s1. The molecule has 0 saturated carbocycles. The summed E-state index contributed by atoms with van der Waals surface area (Å²) in [4.78, 5) is 44.1. The first-order chi connectivity index (χ1) is 22.4. The second-order valence-corrected chi connectivity index (χ2v) is 12.1. The first kappa shape index (κ1) is 31.4. The average Bonchev–Trinajstić information content (AvgIpc) is 3.70. The minimum atomic E-state index is -1.05. The first-order valence-electron chi connectivity index (χ1n) is 14.8. The molecule has 0 bridgehead atoms. The summed E-state index contributed by atoms with van der Waals surface area (Å²) in [7, 11) is 0. The van der Waals surface area contributed by atoms with Crippen molar-refractivity contribution in [3.8, 4) is 0 Å². The van der Waals surface area contributed by atoms with E-state index >= 15 is 0 Å². The van der Waals surface area contributed by atoms with Gasteiger partial charge < -0.3 is 24.6 Å². The van der Waals surface area contributed by atoms with E-state index in [4.69, 9.17) is 14.2 Å². The molecule has 1 aromatic heterocycles. The summed E-state index contributed by atoms with van der Waals surface area (Å²) in [5, 5.41) is 19.5. The van der Waals surface area contributed by atoms with Gasteiger partial charge in [0.1, 0.15) is 19.0 Å². The van der Waals surface area contributed by atoms with E-state index in [0.29, 0.717) is 22.2 Å². The first-order valence-corrected chi connectivity index (χ1v) is 15.8. The van der Waals surface area contributed by atoms with E-state index in [0.717, 1.165) is 21.6 Å². The maximum atomic E-state index is 13.3. The number of rotatable bonds is 10. The summed E-state index contributed by atoms with van der Waals surface area (Å²) in [6.07, 6.45) is -0.939. The van der Waals surface area contributed by atoms with Crippen LogP contribution in [0.1, 0.15) is 48.0 Å². The fraction of sp³-hybridized carbons (Fsp3) is 0.303. The van der Waals surface area contributed by atoms with Crippen LogP contribution in [0.4, 0.5) is 10.5 Å². The van der Waals surface area contributed by atoms with Crippen molar-refractivity contribution in [2.24, 2.45) is 5.92 Å². The zero-order chi connectivity index (χ0) is 32.0. The predicted octanol–water partition coefficient (Wildman–Crippen LogP) is 4.44. The minimum Gasteiger partial charge on any atom is -0.445 e. The number of imide groups is 1. The third-order valence-electron chi connectivity index (χ3n) is 7.95. The number of aromatic nitrogens is 3. The number of amides is 3. The SMILES string of the molecule is C[C@H]1[C@@H](CSc2ncn[nH]2)O[C@@H](c2cccc(N3C(=O)CC(NC(=O)OCc4ccccc4)C3=O)c2)O[C@H]1c1ccc(CO)cc1. The van der Waals surface area contributed by atoms with Gasteiger partial charge in [-0.15, -0.1) is 0 Å². The molecular formula is C33H33N5O7S. The Morgan fingerprint density at radius 1 is 1.04 bits per heavy atom. The summed E-state index contributed by atoms with van der Waals surface area (Å²) in [6, 6.07) is 22.6. The molecule has 238 valence electrons. The number of aliphatic hydroxyl groups excluding tert-OH is 1. The fourth-order valence-electron chi connectivity index (χ4n) is 5.47. The van der Waals surface area contributed by atoms with Crippen molar-refractivity contribution in [3.05, 3.63) is 107 Å². The van der Waals surface area contributed by atoms with Gasteiger partial charge in [0.2, 0.25) is 5.91 Å². The number of anilines is 1. The van der Waals surface area contributed by atoms with Crippen LogP contribution in [0.5, 0.6) is 0 Å². The van der Waals surface area contributed by atoms with Crippen molar-refractivity contribution in [1.82, 2.24) is 20.5 Å².